The fraction of sp³-hybridized carbons (Fsp3) is 0.714. The van der Waals surface area contributed by atoms with Crippen LogP contribution in [0.3, 0.4) is 0 Å². The molecule has 1 aliphatic rings. The van der Waals surface area contributed by atoms with Crippen LogP contribution in [0.15, 0.2) is 5.38 Å². The van der Waals surface area contributed by atoms with Crippen LogP contribution in [0.25, 0.3) is 0 Å². The number of rotatable bonds is 7. The molecule has 1 aliphatic heterocycles. The Balaban J connectivity index is 1.89. The van der Waals surface area contributed by atoms with E-state index in [0.717, 1.165) is 43.2 Å². The summed E-state index contributed by atoms with van der Waals surface area (Å²) in [5.41, 5.74) is 1.05. The largest absolute Gasteiger partial charge is 0.469 e. The number of thiazole rings is 1. The third-order valence-electron chi connectivity index (χ3n) is 3.37. The van der Waals surface area contributed by atoms with E-state index < -0.39 is 0 Å². The molecule has 20 heavy (non-hydrogen) atoms. The van der Waals surface area contributed by atoms with Gasteiger partial charge in [-0.3, -0.25) is 9.69 Å². The predicted molar refractivity (Wildman–Crippen MR) is 77.7 cm³/mol. The summed E-state index contributed by atoms with van der Waals surface area (Å²) < 4.78 is 10.4. The SMILES string of the molecule is COC(=O)CCN(Cc1nc(C)cs1)CC1CCCO1. The van der Waals surface area contributed by atoms with Crippen LogP contribution in [-0.2, 0) is 20.8 Å². The highest BCUT2D eigenvalue weighted by molar-refractivity contribution is 7.09. The first-order valence-electron chi connectivity index (χ1n) is 6.99. The standard InChI is InChI=1S/C14H22N2O3S/c1-11-10-20-13(15-11)9-16(6-5-14(17)18-2)8-12-4-3-7-19-12/h10,12H,3-9H2,1-2H3. The normalized spacial score (nSPS) is 18.6. The maximum Gasteiger partial charge on any atom is 0.306 e. The lowest BCUT2D eigenvalue weighted by Crippen LogP contribution is -2.33. The Morgan fingerprint density at radius 3 is 3.10 bits per heavy atom. The van der Waals surface area contributed by atoms with Crippen LogP contribution in [0.5, 0.6) is 0 Å². The predicted octanol–water partition coefficient (Wildman–Crippen LogP) is 2.00. The number of hydrogen-bond donors (Lipinski definition) is 0. The molecule has 1 unspecified atom stereocenters. The number of aryl methyl sites for hydroxylation is 1. The summed E-state index contributed by atoms with van der Waals surface area (Å²) in [6, 6.07) is 0. The number of esters is 1. The Morgan fingerprint density at radius 1 is 1.65 bits per heavy atom. The van der Waals surface area contributed by atoms with E-state index in [1.54, 1.807) is 11.3 Å². The van der Waals surface area contributed by atoms with Crippen molar-refractivity contribution in [1.29, 1.82) is 0 Å². The van der Waals surface area contributed by atoms with Crippen molar-refractivity contribution < 1.29 is 14.3 Å². The van der Waals surface area contributed by atoms with Gasteiger partial charge in [0.25, 0.3) is 0 Å². The highest BCUT2D eigenvalue weighted by Crippen LogP contribution is 2.17. The van der Waals surface area contributed by atoms with Crippen molar-refractivity contribution >= 4 is 17.3 Å². The van der Waals surface area contributed by atoms with Crippen LogP contribution in [0.2, 0.25) is 0 Å². The fourth-order valence-corrected chi connectivity index (χ4v) is 3.14. The van der Waals surface area contributed by atoms with Gasteiger partial charge in [-0.15, -0.1) is 11.3 Å². The molecule has 0 aliphatic carbocycles. The van der Waals surface area contributed by atoms with Gasteiger partial charge in [0.2, 0.25) is 0 Å². The summed E-state index contributed by atoms with van der Waals surface area (Å²) in [5, 5.41) is 3.14. The van der Waals surface area contributed by atoms with Crippen molar-refractivity contribution in [1.82, 2.24) is 9.88 Å². The van der Waals surface area contributed by atoms with Crippen molar-refractivity contribution in [2.24, 2.45) is 0 Å². The van der Waals surface area contributed by atoms with E-state index in [9.17, 15) is 4.79 Å². The second kappa shape index (κ2) is 7.71. The quantitative estimate of drug-likeness (QED) is 0.721. The summed E-state index contributed by atoms with van der Waals surface area (Å²) in [6.45, 7) is 5.17. The molecule has 0 aromatic carbocycles. The molecule has 0 saturated carbocycles. The van der Waals surface area contributed by atoms with E-state index in [1.807, 2.05) is 6.92 Å². The van der Waals surface area contributed by atoms with Gasteiger partial charge < -0.3 is 9.47 Å². The average molecular weight is 298 g/mol. The molecule has 0 bridgehead atoms. The Morgan fingerprint density at radius 2 is 2.50 bits per heavy atom. The van der Waals surface area contributed by atoms with E-state index in [2.05, 4.69) is 15.3 Å². The molecule has 0 amide bonds. The lowest BCUT2D eigenvalue weighted by Gasteiger charge is -2.23. The Kier molecular flexibility index (Phi) is 5.94. The van der Waals surface area contributed by atoms with Gasteiger partial charge in [0.05, 0.1) is 26.2 Å². The zero-order valence-electron chi connectivity index (χ0n) is 12.1. The highest BCUT2D eigenvalue weighted by atomic mass is 32.1. The molecule has 5 nitrogen and oxygen atoms in total. The molecule has 2 rings (SSSR count). The van der Waals surface area contributed by atoms with Crippen LogP contribution in [0.4, 0.5) is 0 Å². The molecule has 2 heterocycles. The Labute approximate surface area is 123 Å². The van der Waals surface area contributed by atoms with Gasteiger partial charge in [-0.25, -0.2) is 4.98 Å². The minimum atomic E-state index is -0.169. The molecule has 1 aromatic rings. The lowest BCUT2D eigenvalue weighted by molar-refractivity contribution is -0.141. The van der Waals surface area contributed by atoms with Crippen molar-refractivity contribution in [3.63, 3.8) is 0 Å². The van der Waals surface area contributed by atoms with E-state index in [4.69, 9.17) is 9.47 Å². The van der Waals surface area contributed by atoms with E-state index in [1.165, 1.54) is 7.11 Å². The molecule has 112 valence electrons. The molecule has 1 atom stereocenters. The van der Waals surface area contributed by atoms with Crippen molar-refractivity contribution in [2.75, 3.05) is 26.8 Å². The number of ether oxygens (including phenoxy) is 2. The number of hydrogen-bond acceptors (Lipinski definition) is 6. The van der Waals surface area contributed by atoms with Crippen LogP contribution in [0.1, 0.15) is 30.0 Å². The summed E-state index contributed by atoms with van der Waals surface area (Å²) in [7, 11) is 1.43. The van der Waals surface area contributed by atoms with Gasteiger partial charge >= 0.3 is 5.97 Å². The molecule has 1 aromatic heterocycles. The van der Waals surface area contributed by atoms with E-state index in [-0.39, 0.29) is 12.1 Å². The summed E-state index contributed by atoms with van der Waals surface area (Å²) >= 11 is 1.67. The van der Waals surface area contributed by atoms with Gasteiger partial charge in [-0.2, -0.15) is 0 Å². The molecular weight excluding hydrogens is 276 g/mol. The van der Waals surface area contributed by atoms with Crippen molar-refractivity contribution in [2.45, 2.75) is 38.8 Å². The average Bonchev–Trinajstić information content (AvgIpc) is 3.07. The minimum absolute atomic E-state index is 0.169. The summed E-state index contributed by atoms with van der Waals surface area (Å²) in [4.78, 5) is 18.1. The molecule has 6 heteroatoms. The second-order valence-electron chi connectivity index (χ2n) is 5.08. The number of aromatic nitrogens is 1. The maximum atomic E-state index is 11.3. The third kappa shape index (κ3) is 4.85. The Bertz CT molecular complexity index is 430. The van der Waals surface area contributed by atoms with Crippen molar-refractivity contribution in [3.8, 4) is 0 Å². The number of carbonyl (C=O) groups excluding carboxylic acids is 1. The topological polar surface area (TPSA) is 51.7 Å². The number of nitrogens with zero attached hydrogens (tertiary/aromatic N) is 2. The molecular formula is C14H22N2O3S. The van der Waals surface area contributed by atoms with Crippen LogP contribution >= 0.6 is 11.3 Å². The first-order valence-corrected chi connectivity index (χ1v) is 7.87. The molecule has 0 spiro atoms. The van der Waals surface area contributed by atoms with Crippen LogP contribution in [0, 0.1) is 6.92 Å². The molecule has 0 N–H and O–H groups in total. The first kappa shape index (κ1) is 15.4. The number of carbonyl (C=O) groups is 1. The van der Waals surface area contributed by atoms with Gasteiger partial charge in [0.15, 0.2) is 0 Å². The first-order chi connectivity index (χ1) is 9.67. The second-order valence-corrected chi connectivity index (χ2v) is 6.02. The summed E-state index contributed by atoms with van der Waals surface area (Å²) in [6.07, 6.45) is 2.93. The molecule has 1 saturated heterocycles. The number of methoxy groups -OCH3 is 1. The lowest BCUT2D eigenvalue weighted by atomic mass is 10.2. The Hall–Kier alpha value is -0.980. The smallest absolute Gasteiger partial charge is 0.306 e. The minimum Gasteiger partial charge on any atom is -0.469 e. The van der Waals surface area contributed by atoms with Gasteiger partial charge in [0.1, 0.15) is 5.01 Å². The van der Waals surface area contributed by atoms with Gasteiger partial charge in [-0.1, -0.05) is 0 Å². The van der Waals surface area contributed by atoms with Crippen molar-refractivity contribution in [3.05, 3.63) is 16.1 Å². The fourth-order valence-electron chi connectivity index (χ4n) is 2.33. The zero-order valence-corrected chi connectivity index (χ0v) is 12.9. The van der Waals surface area contributed by atoms with Crippen LogP contribution in [-0.4, -0.2) is 48.8 Å². The maximum absolute atomic E-state index is 11.3. The van der Waals surface area contributed by atoms with E-state index >= 15 is 0 Å². The summed E-state index contributed by atoms with van der Waals surface area (Å²) in [5.74, 6) is -0.169. The highest BCUT2D eigenvalue weighted by Gasteiger charge is 2.20. The zero-order chi connectivity index (χ0) is 14.4. The molecule has 1 fully saturated rings. The van der Waals surface area contributed by atoms with Gasteiger partial charge in [-0.05, 0) is 19.8 Å². The third-order valence-corrected chi connectivity index (χ3v) is 4.32. The van der Waals surface area contributed by atoms with E-state index in [0.29, 0.717) is 13.0 Å². The molecule has 0 radical (unpaired) electrons. The van der Waals surface area contributed by atoms with Crippen LogP contribution < -0.4 is 0 Å². The van der Waals surface area contributed by atoms with Gasteiger partial charge in [0, 0.05) is 30.8 Å². The monoisotopic (exact) mass is 298 g/mol.